The molecule has 1 amide bonds. The van der Waals surface area contributed by atoms with Gasteiger partial charge in [0.25, 0.3) is 0 Å². The number of hydrogen-bond acceptors (Lipinski definition) is 3. The minimum absolute atomic E-state index is 0.0335. The Balaban J connectivity index is 2.02. The lowest BCUT2D eigenvalue weighted by Crippen LogP contribution is -2.24. The summed E-state index contributed by atoms with van der Waals surface area (Å²) in [6.45, 7) is 3.96. The van der Waals surface area contributed by atoms with E-state index in [-0.39, 0.29) is 11.9 Å². The summed E-state index contributed by atoms with van der Waals surface area (Å²) in [5.74, 6) is -0.0697. The van der Waals surface area contributed by atoms with Gasteiger partial charge in [-0.25, -0.2) is 9.67 Å². The van der Waals surface area contributed by atoms with Crippen molar-refractivity contribution in [2.45, 2.75) is 26.3 Å². The fraction of sp³-hybridized carbons (Fsp3) is 0.267. The summed E-state index contributed by atoms with van der Waals surface area (Å²) < 4.78 is 1.69. The zero-order valence-electron chi connectivity index (χ0n) is 11.7. The van der Waals surface area contributed by atoms with E-state index in [1.165, 1.54) is 6.33 Å². The van der Waals surface area contributed by atoms with Gasteiger partial charge >= 0.3 is 0 Å². The average molecular weight is 270 g/mol. The van der Waals surface area contributed by atoms with Gasteiger partial charge in [0.05, 0.1) is 11.7 Å². The largest absolute Gasteiger partial charge is 0.346 e. The van der Waals surface area contributed by atoms with Crippen LogP contribution in [-0.4, -0.2) is 20.7 Å². The van der Waals surface area contributed by atoms with Crippen molar-refractivity contribution in [1.29, 1.82) is 0 Å². The fourth-order valence-corrected chi connectivity index (χ4v) is 1.83. The Hall–Kier alpha value is -2.43. The second-order valence-corrected chi connectivity index (χ2v) is 4.47. The number of aromatic nitrogens is 3. The van der Waals surface area contributed by atoms with Gasteiger partial charge in [0.15, 0.2) is 0 Å². The molecule has 0 aliphatic carbocycles. The molecule has 0 spiro atoms. The van der Waals surface area contributed by atoms with Gasteiger partial charge in [-0.3, -0.25) is 4.79 Å². The normalized spacial score (nSPS) is 12.5. The van der Waals surface area contributed by atoms with E-state index in [0.29, 0.717) is 0 Å². The van der Waals surface area contributed by atoms with Gasteiger partial charge in [-0.2, -0.15) is 5.10 Å². The Labute approximate surface area is 118 Å². The first kappa shape index (κ1) is 14.0. The predicted molar refractivity (Wildman–Crippen MR) is 77.3 cm³/mol. The third kappa shape index (κ3) is 3.54. The maximum absolute atomic E-state index is 11.6. The SMILES string of the molecule is CC/C=C/C(=O)N[C@@H](C)c1ccc(-n2cncn2)cc1. The van der Waals surface area contributed by atoms with Crippen LogP contribution in [0.3, 0.4) is 0 Å². The van der Waals surface area contributed by atoms with Gasteiger partial charge in [0, 0.05) is 0 Å². The van der Waals surface area contributed by atoms with E-state index >= 15 is 0 Å². The summed E-state index contributed by atoms with van der Waals surface area (Å²) in [6, 6.07) is 7.83. The highest BCUT2D eigenvalue weighted by atomic mass is 16.1. The Morgan fingerprint density at radius 3 is 2.75 bits per heavy atom. The van der Waals surface area contributed by atoms with E-state index < -0.39 is 0 Å². The standard InChI is InChI=1S/C15H18N4O/c1-3-4-5-15(20)18-12(2)13-6-8-14(9-7-13)19-11-16-10-17-19/h4-12H,3H2,1-2H3,(H,18,20)/b5-4+/t12-/m0/s1. The molecule has 0 saturated heterocycles. The summed E-state index contributed by atoms with van der Waals surface area (Å²) in [5, 5.41) is 6.99. The van der Waals surface area contributed by atoms with Crippen LogP contribution in [0, 0.1) is 0 Å². The van der Waals surface area contributed by atoms with Crippen LogP contribution in [0.1, 0.15) is 31.9 Å². The molecule has 0 bridgehead atoms. The van der Waals surface area contributed by atoms with Gasteiger partial charge in [-0.15, -0.1) is 0 Å². The quantitative estimate of drug-likeness (QED) is 0.849. The molecule has 104 valence electrons. The van der Waals surface area contributed by atoms with Crippen molar-refractivity contribution in [2.24, 2.45) is 0 Å². The van der Waals surface area contributed by atoms with Crippen molar-refractivity contribution in [1.82, 2.24) is 20.1 Å². The lowest BCUT2D eigenvalue weighted by atomic mass is 10.1. The molecule has 1 aromatic heterocycles. The molecule has 5 nitrogen and oxygen atoms in total. The van der Waals surface area contributed by atoms with Crippen LogP contribution in [0.5, 0.6) is 0 Å². The van der Waals surface area contributed by atoms with E-state index in [2.05, 4.69) is 15.4 Å². The fourth-order valence-electron chi connectivity index (χ4n) is 1.83. The highest BCUT2D eigenvalue weighted by Gasteiger charge is 2.07. The molecule has 2 rings (SSSR count). The minimum atomic E-state index is -0.0697. The molecular formula is C15H18N4O. The third-order valence-electron chi connectivity index (χ3n) is 2.94. The van der Waals surface area contributed by atoms with Gasteiger partial charge in [-0.1, -0.05) is 25.1 Å². The van der Waals surface area contributed by atoms with Crippen molar-refractivity contribution >= 4 is 5.91 Å². The van der Waals surface area contributed by atoms with E-state index in [9.17, 15) is 4.79 Å². The summed E-state index contributed by atoms with van der Waals surface area (Å²) in [6.07, 6.45) is 7.41. The molecule has 0 aliphatic rings. The Bertz CT molecular complexity index is 572. The van der Waals surface area contributed by atoms with E-state index in [1.807, 2.05) is 44.2 Å². The number of allylic oxidation sites excluding steroid dienone is 1. The van der Waals surface area contributed by atoms with Crippen LogP contribution in [0.2, 0.25) is 0 Å². The minimum Gasteiger partial charge on any atom is -0.346 e. The Morgan fingerprint density at radius 1 is 1.40 bits per heavy atom. The molecule has 1 aromatic carbocycles. The highest BCUT2D eigenvalue weighted by Crippen LogP contribution is 2.15. The van der Waals surface area contributed by atoms with Crippen molar-refractivity contribution < 1.29 is 4.79 Å². The topological polar surface area (TPSA) is 59.8 Å². The number of carbonyl (C=O) groups is 1. The lowest BCUT2D eigenvalue weighted by Gasteiger charge is -2.13. The number of nitrogens with zero attached hydrogens (tertiary/aromatic N) is 3. The van der Waals surface area contributed by atoms with Crippen LogP contribution < -0.4 is 5.32 Å². The van der Waals surface area contributed by atoms with E-state index in [0.717, 1.165) is 17.7 Å². The van der Waals surface area contributed by atoms with Crippen molar-refractivity contribution in [2.75, 3.05) is 0 Å². The second-order valence-electron chi connectivity index (χ2n) is 4.47. The van der Waals surface area contributed by atoms with Crippen molar-refractivity contribution in [3.05, 3.63) is 54.6 Å². The van der Waals surface area contributed by atoms with Crippen LogP contribution in [0.25, 0.3) is 5.69 Å². The molecule has 0 radical (unpaired) electrons. The van der Waals surface area contributed by atoms with Gasteiger partial charge in [0.1, 0.15) is 12.7 Å². The predicted octanol–water partition coefficient (Wildman–Crippen LogP) is 2.41. The smallest absolute Gasteiger partial charge is 0.244 e. The molecule has 0 aliphatic heterocycles. The van der Waals surface area contributed by atoms with Gasteiger partial charge in [0.2, 0.25) is 5.91 Å². The van der Waals surface area contributed by atoms with E-state index in [4.69, 9.17) is 0 Å². The molecule has 5 heteroatoms. The molecule has 0 unspecified atom stereocenters. The van der Waals surface area contributed by atoms with Crippen LogP contribution in [0.15, 0.2) is 49.1 Å². The molecule has 2 aromatic rings. The molecule has 1 heterocycles. The number of carbonyl (C=O) groups excluding carboxylic acids is 1. The number of benzene rings is 1. The first-order chi connectivity index (χ1) is 9.70. The number of nitrogens with one attached hydrogen (secondary N) is 1. The summed E-state index contributed by atoms with van der Waals surface area (Å²) in [5.41, 5.74) is 1.99. The summed E-state index contributed by atoms with van der Waals surface area (Å²) >= 11 is 0. The van der Waals surface area contributed by atoms with E-state index in [1.54, 1.807) is 17.1 Å². The molecule has 1 atom stereocenters. The maximum atomic E-state index is 11.6. The summed E-state index contributed by atoms with van der Waals surface area (Å²) in [7, 11) is 0. The van der Waals surface area contributed by atoms with Crippen molar-refractivity contribution in [3.63, 3.8) is 0 Å². The summed E-state index contributed by atoms with van der Waals surface area (Å²) in [4.78, 5) is 15.5. The Morgan fingerprint density at radius 2 is 2.15 bits per heavy atom. The monoisotopic (exact) mass is 270 g/mol. The lowest BCUT2D eigenvalue weighted by molar-refractivity contribution is -0.117. The van der Waals surface area contributed by atoms with Crippen LogP contribution in [-0.2, 0) is 4.79 Å². The van der Waals surface area contributed by atoms with Gasteiger partial charge in [-0.05, 0) is 37.1 Å². The van der Waals surface area contributed by atoms with Crippen LogP contribution >= 0.6 is 0 Å². The first-order valence-corrected chi connectivity index (χ1v) is 6.62. The average Bonchev–Trinajstić information content (AvgIpc) is 2.99. The molecule has 1 N–H and O–H groups in total. The second kappa shape index (κ2) is 6.65. The third-order valence-corrected chi connectivity index (χ3v) is 2.94. The number of rotatable bonds is 5. The zero-order chi connectivity index (χ0) is 14.4. The zero-order valence-corrected chi connectivity index (χ0v) is 11.7. The first-order valence-electron chi connectivity index (χ1n) is 6.62. The molecule has 0 fully saturated rings. The van der Waals surface area contributed by atoms with Gasteiger partial charge < -0.3 is 5.32 Å². The van der Waals surface area contributed by atoms with Crippen LogP contribution in [0.4, 0.5) is 0 Å². The molecular weight excluding hydrogens is 252 g/mol. The Kier molecular flexibility index (Phi) is 4.65. The highest BCUT2D eigenvalue weighted by molar-refractivity contribution is 5.87. The van der Waals surface area contributed by atoms with Crippen molar-refractivity contribution in [3.8, 4) is 5.69 Å². The molecule has 0 saturated carbocycles. The number of hydrogen-bond donors (Lipinski definition) is 1. The maximum Gasteiger partial charge on any atom is 0.244 e. The number of amides is 1. The molecule has 20 heavy (non-hydrogen) atoms.